The maximum absolute atomic E-state index is 12.5. The smallest absolute Gasteiger partial charge is 0.318 e. The lowest BCUT2D eigenvalue weighted by Crippen LogP contribution is -2.51. The van der Waals surface area contributed by atoms with E-state index < -0.39 is 0 Å². The second kappa shape index (κ2) is 7.29. The lowest BCUT2D eigenvalue weighted by Gasteiger charge is -2.33. The summed E-state index contributed by atoms with van der Waals surface area (Å²) < 4.78 is 11.9. The van der Waals surface area contributed by atoms with Gasteiger partial charge in [-0.1, -0.05) is 18.2 Å². The molecule has 0 saturated carbocycles. The molecule has 5 nitrogen and oxygen atoms in total. The number of nitrogens with one attached hydrogen (secondary N) is 1. The molecule has 0 unspecified atom stereocenters. The SMILES string of the molecule is COC[C@H]1CN(C(=O)N[C@H](C)c2csc3ccccc23)CCO1. The van der Waals surface area contributed by atoms with Crippen molar-refractivity contribution in [3.05, 3.63) is 35.2 Å². The van der Waals surface area contributed by atoms with Crippen molar-refractivity contribution in [1.82, 2.24) is 10.2 Å². The molecule has 0 radical (unpaired) electrons. The molecule has 0 bridgehead atoms. The molecule has 1 fully saturated rings. The summed E-state index contributed by atoms with van der Waals surface area (Å²) in [5.74, 6) is 0. The highest BCUT2D eigenvalue weighted by Gasteiger charge is 2.25. The second-order valence-corrected chi connectivity index (χ2v) is 6.66. The largest absolute Gasteiger partial charge is 0.382 e. The fourth-order valence-electron chi connectivity index (χ4n) is 2.88. The monoisotopic (exact) mass is 334 g/mol. The van der Waals surface area contributed by atoms with Crippen LogP contribution in [0.25, 0.3) is 10.1 Å². The van der Waals surface area contributed by atoms with Gasteiger partial charge in [0.15, 0.2) is 0 Å². The summed E-state index contributed by atoms with van der Waals surface area (Å²) in [6, 6.07) is 8.21. The molecule has 1 aromatic heterocycles. The van der Waals surface area contributed by atoms with Crippen molar-refractivity contribution >= 4 is 27.5 Å². The van der Waals surface area contributed by atoms with Gasteiger partial charge in [0.2, 0.25) is 0 Å². The van der Waals surface area contributed by atoms with Crippen LogP contribution >= 0.6 is 11.3 Å². The van der Waals surface area contributed by atoms with E-state index in [1.54, 1.807) is 23.3 Å². The molecule has 1 aliphatic rings. The lowest BCUT2D eigenvalue weighted by molar-refractivity contribution is -0.0496. The minimum absolute atomic E-state index is 0.0256. The Morgan fingerprint density at radius 1 is 1.52 bits per heavy atom. The van der Waals surface area contributed by atoms with E-state index in [2.05, 4.69) is 22.8 Å². The number of urea groups is 1. The number of rotatable bonds is 4. The molecule has 3 rings (SSSR count). The van der Waals surface area contributed by atoms with Gasteiger partial charge in [-0.3, -0.25) is 0 Å². The van der Waals surface area contributed by atoms with Crippen LogP contribution < -0.4 is 5.32 Å². The van der Waals surface area contributed by atoms with E-state index in [0.717, 1.165) is 0 Å². The Labute approximate surface area is 140 Å². The van der Waals surface area contributed by atoms with Gasteiger partial charge in [-0.25, -0.2) is 4.79 Å². The Bertz CT molecular complexity index is 671. The van der Waals surface area contributed by atoms with Gasteiger partial charge >= 0.3 is 6.03 Å². The molecule has 2 amide bonds. The fraction of sp³-hybridized carbons (Fsp3) is 0.471. The van der Waals surface area contributed by atoms with Crippen LogP contribution in [0.2, 0.25) is 0 Å². The first-order chi connectivity index (χ1) is 11.2. The molecule has 2 aromatic rings. The highest BCUT2D eigenvalue weighted by molar-refractivity contribution is 7.17. The van der Waals surface area contributed by atoms with E-state index in [9.17, 15) is 4.79 Å². The van der Waals surface area contributed by atoms with Gasteiger partial charge in [-0.05, 0) is 29.3 Å². The molecule has 1 aliphatic heterocycles. The van der Waals surface area contributed by atoms with Crippen molar-refractivity contribution in [2.24, 2.45) is 0 Å². The normalized spacial score (nSPS) is 19.7. The van der Waals surface area contributed by atoms with Crippen LogP contribution in [-0.2, 0) is 9.47 Å². The molecule has 2 heterocycles. The van der Waals surface area contributed by atoms with Crippen LogP contribution in [0.15, 0.2) is 29.6 Å². The number of carbonyl (C=O) groups excluding carboxylic acids is 1. The molecule has 23 heavy (non-hydrogen) atoms. The molecule has 0 aliphatic carbocycles. The van der Waals surface area contributed by atoms with Gasteiger partial charge in [0, 0.05) is 18.4 Å². The summed E-state index contributed by atoms with van der Waals surface area (Å²) in [7, 11) is 1.64. The van der Waals surface area contributed by atoms with Crippen molar-refractivity contribution in [3.63, 3.8) is 0 Å². The van der Waals surface area contributed by atoms with Gasteiger partial charge in [0.05, 0.1) is 31.9 Å². The van der Waals surface area contributed by atoms with E-state index in [0.29, 0.717) is 26.3 Å². The molecule has 2 atom stereocenters. The van der Waals surface area contributed by atoms with Crippen LogP contribution in [0.1, 0.15) is 18.5 Å². The summed E-state index contributed by atoms with van der Waals surface area (Å²) in [5.41, 5.74) is 1.17. The van der Waals surface area contributed by atoms with Crippen LogP contribution in [0.5, 0.6) is 0 Å². The van der Waals surface area contributed by atoms with Crippen LogP contribution in [0.4, 0.5) is 4.79 Å². The minimum Gasteiger partial charge on any atom is -0.382 e. The number of methoxy groups -OCH3 is 1. The van der Waals surface area contributed by atoms with Crippen molar-refractivity contribution < 1.29 is 14.3 Å². The quantitative estimate of drug-likeness (QED) is 0.935. The van der Waals surface area contributed by atoms with Crippen molar-refractivity contribution in [1.29, 1.82) is 0 Å². The van der Waals surface area contributed by atoms with Gasteiger partial charge in [0.25, 0.3) is 0 Å². The van der Waals surface area contributed by atoms with E-state index >= 15 is 0 Å². The zero-order valence-corrected chi connectivity index (χ0v) is 14.3. The first kappa shape index (κ1) is 16.2. The molecular formula is C17H22N2O3S. The molecule has 1 N–H and O–H groups in total. The standard InChI is InChI=1S/C17H22N2O3S/c1-12(15-11-23-16-6-4-3-5-14(15)16)18-17(20)19-7-8-22-13(9-19)10-21-2/h3-6,11-13H,7-10H2,1-2H3,(H,18,20)/t12-,13-/m1/s1. The molecular weight excluding hydrogens is 312 g/mol. The summed E-state index contributed by atoms with van der Waals surface area (Å²) in [6.07, 6.45) is -0.0446. The maximum Gasteiger partial charge on any atom is 0.318 e. The zero-order chi connectivity index (χ0) is 16.2. The Hall–Kier alpha value is -1.63. The third-order valence-corrected chi connectivity index (χ3v) is 5.08. The minimum atomic E-state index is -0.0446. The van der Waals surface area contributed by atoms with Crippen molar-refractivity contribution in [2.75, 3.05) is 33.4 Å². The van der Waals surface area contributed by atoms with Crippen LogP contribution in [0, 0.1) is 0 Å². The average Bonchev–Trinajstić information content (AvgIpc) is 2.99. The number of morpholine rings is 1. The number of fused-ring (bicyclic) bond motifs is 1. The maximum atomic E-state index is 12.5. The van der Waals surface area contributed by atoms with Gasteiger partial charge in [0.1, 0.15) is 0 Å². The predicted molar refractivity (Wildman–Crippen MR) is 92.0 cm³/mol. The fourth-order valence-corrected chi connectivity index (χ4v) is 3.93. The van der Waals surface area contributed by atoms with Gasteiger partial charge < -0.3 is 19.7 Å². The van der Waals surface area contributed by atoms with Gasteiger partial charge in [-0.2, -0.15) is 0 Å². The number of thiophene rings is 1. The first-order valence-electron chi connectivity index (χ1n) is 7.81. The van der Waals surface area contributed by atoms with Crippen LogP contribution in [-0.4, -0.2) is 50.4 Å². The number of amides is 2. The number of ether oxygens (including phenoxy) is 2. The second-order valence-electron chi connectivity index (χ2n) is 5.75. The molecule has 1 aromatic carbocycles. The zero-order valence-electron chi connectivity index (χ0n) is 13.5. The Morgan fingerprint density at radius 2 is 2.35 bits per heavy atom. The Balaban J connectivity index is 1.65. The average molecular weight is 334 g/mol. The van der Waals surface area contributed by atoms with Crippen LogP contribution in [0.3, 0.4) is 0 Å². The molecule has 6 heteroatoms. The summed E-state index contributed by atoms with van der Waals surface area (Å²) in [6.45, 7) is 4.27. The molecule has 1 saturated heterocycles. The van der Waals surface area contributed by atoms with Gasteiger partial charge in [-0.15, -0.1) is 11.3 Å². The summed E-state index contributed by atoms with van der Waals surface area (Å²) in [4.78, 5) is 14.3. The van der Waals surface area contributed by atoms with Crippen molar-refractivity contribution in [3.8, 4) is 0 Å². The van der Waals surface area contributed by atoms with Crippen molar-refractivity contribution in [2.45, 2.75) is 19.1 Å². The van der Waals surface area contributed by atoms with E-state index in [1.807, 2.05) is 19.1 Å². The predicted octanol–water partition coefficient (Wildman–Crippen LogP) is 3.02. The highest BCUT2D eigenvalue weighted by atomic mass is 32.1. The summed E-state index contributed by atoms with van der Waals surface area (Å²) in [5, 5.41) is 6.44. The Kier molecular flexibility index (Phi) is 5.15. The number of hydrogen-bond donors (Lipinski definition) is 1. The Morgan fingerprint density at radius 3 is 3.17 bits per heavy atom. The third-order valence-electron chi connectivity index (χ3n) is 4.10. The topological polar surface area (TPSA) is 50.8 Å². The number of nitrogens with zero attached hydrogens (tertiary/aromatic N) is 1. The number of benzene rings is 1. The van der Waals surface area contributed by atoms with E-state index in [1.165, 1.54) is 15.6 Å². The number of hydrogen-bond acceptors (Lipinski definition) is 4. The third kappa shape index (κ3) is 3.65. The van der Waals surface area contributed by atoms with E-state index in [4.69, 9.17) is 9.47 Å². The molecule has 124 valence electrons. The lowest BCUT2D eigenvalue weighted by atomic mass is 10.1. The molecule has 0 spiro atoms. The number of carbonyl (C=O) groups is 1. The first-order valence-corrected chi connectivity index (χ1v) is 8.69. The summed E-state index contributed by atoms with van der Waals surface area (Å²) >= 11 is 1.71. The highest BCUT2D eigenvalue weighted by Crippen LogP contribution is 2.30. The van der Waals surface area contributed by atoms with E-state index in [-0.39, 0.29) is 18.2 Å².